The Hall–Kier alpha value is -2.60. The summed E-state index contributed by atoms with van der Waals surface area (Å²) in [4.78, 5) is 22.3. The van der Waals surface area contributed by atoms with Gasteiger partial charge in [0, 0.05) is 17.1 Å². The van der Waals surface area contributed by atoms with Gasteiger partial charge in [-0.05, 0) is 91.8 Å². The fourth-order valence-electron chi connectivity index (χ4n) is 3.64. The van der Waals surface area contributed by atoms with E-state index >= 15 is 0 Å². The molecule has 4 rings (SSSR count). The summed E-state index contributed by atoms with van der Waals surface area (Å²) in [6, 6.07) is 12.2. The standard InChI is InChI=1S/C24H23BrFN3O/c1-14-7-8-27-21(9-14)23(17-3-4-17)29-24(30)22-12-16(13-25)11-20(28-22)19-6-5-18(26)10-15(19)2/h5-12,17,23H,3-4,13H2,1-2H3,(H,29,30). The van der Waals surface area contributed by atoms with Crippen molar-refractivity contribution in [3.63, 3.8) is 0 Å². The molecule has 1 N–H and O–H groups in total. The van der Waals surface area contributed by atoms with Crippen LogP contribution in [-0.4, -0.2) is 15.9 Å². The minimum atomic E-state index is -0.288. The molecule has 30 heavy (non-hydrogen) atoms. The first-order chi connectivity index (χ1) is 14.4. The molecule has 2 heterocycles. The highest BCUT2D eigenvalue weighted by Gasteiger charge is 2.34. The van der Waals surface area contributed by atoms with Crippen molar-refractivity contribution in [1.82, 2.24) is 15.3 Å². The molecule has 0 spiro atoms. The average Bonchev–Trinajstić information content (AvgIpc) is 3.56. The summed E-state index contributed by atoms with van der Waals surface area (Å²) in [5.41, 5.74) is 5.54. The minimum absolute atomic E-state index is 0.122. The van der Waals surface area contributed by atoms with E-state index in [0.717, 1.165) is 40.8 Å². The second kappa shape index (κ2) is 8.64. The van der Waals surface area contributed by atoms with Crippen LogP contribution in [0.5, 0.6) is 0 Å². The van der Waals surface area contributed by atoms with Crippen molar-refractivity contribution in [3.8, 4) is 11.3 Å². The molecule has 0 bridgehead atoms. The van der Waals surface area contributed by atoms with E-state index in [1.54, 1.807) is 18.3 Å². The number of aryl methyl sites for hydroxylation is 2. The van der Waals surface area contributed by atoms with Crippen molar-refractivity contribution in [2.45, 2.75) is 38.1 Å². The van der Waals surface area contributed by atoms with Gasteiger partial charge in [0.05, 0.1) is 17.4 Å². The Morgan fingerprint density at radius 1 is 1.20 bits per heavy atom. The molecule has 1 aliphatic rings. The van der Waals surface area contributed by atoms with Gasteiger partial charge in [0.2, 0.25) is 0 Å². The number of hydrogen-bond donors (Lipinski definition) is 1. The van der Waals surface area contributed by atoms with E-state index < -0.39 is 0 Å². The minimum Gasteiger partial charge on any atom is -0.342 e. The van der Waals surface area contributed by atoms with Crippen LogP contribution in [0.2, 0.25) is 0 Å². The lowest BCUT2D eigenvalue weighted by Crippen LogP contribution is -2.31. The van der Waals surface area contributed by atoms with Gasteiger partial charge in [-0.1, -0.05) is 15.9 Å². The normalized spacial score (nSPS) is 14.4. The van der Waals surface area contributed by atoms with Crippen molar-refractivity contribution in [2.75, 3.05) is 0 Å². The van der Waals surface area contributed by atoms with Gasteiger partial charge in [-0.3, -0.25) is 9.78 Å². The summed E-state index contributed by atoms with van der Waals surface area (Å²) in [6.07, 6.45) is 3.94. The maximum Gasteiger partial charge on any atom is 0.270 e. The second-order valence-electron chi connectivity index (χ2n) is 7.89. The highest BCUT2D eigenvalue weighted by Crippen LogP contribution is 2.40. The van der Waals surface area contributed by atoms with Crippen LogP contribution in [0.3, 0.4) is 0 Å². The molecule has 1 saturated carbocycles. The van der Waals surface area contributed by atoms with Gasteiger partial charge >= 0.3 is 0 Å². The van der Waals surface area contributed by atoms with Crippen molar-refractivity contribution >= 4 is 21.8 Å². The molecular formula is C24H23BrFN3O. The Bertz CT molecular complexity index is 1100. The predicted octanol–water partition coefficient (Wildman–Crippen LogP) is 5.68. The zero-order chi connectivity index (χ0) is 21.3. The molecule has 6 heteroatoms. The van der Waals surface area contributed by atoms with Crippen LogP contribution in [0.15, 0.2) is 48.7 Å². The highest BCUT2D eigenvalue weighted by molar-refractivity contribution is 9.08. The van der Waals surface area contributed by atoms with Crippen LogP contribution < -0.4 is 5.32 Å². The summed E-state index contributed by atoms with van der Waals surface area (Å²) in [5.74, 6) is -0.107. The Labute approximate surface area is 184 Å². The quantitative estimate of drug-likeness (QED) is 0.474. The molecule has 1 unspecified atom stereocenters. The Morgan fingerprint density at radius 3 is 2.67 bits per heavy atom. The number of amides is 1. The summed E-state index contributed by atoms with van der Waals surface area (Å²) >= 11 is 3.48. The molecule has 2 aromatic heterocycles. The van der Waals surface area contributed by atoms with E-state index in [9.17, 15) is 9.18 Å². The fraction of sp³-hybridized carbons (Fsp3) is 0.292. The summed E-state index contributed by atoms with van der Waals surface area (Å²) in [7, 11) is 0. The van der Waals surface area contributed by atoms with Gasteiger partial charge in [0.1, 0.15) is 11.5 Å². The van der Waals surface area contributed by atoms with E-state index in [1.165, 1.54) is 12.1 Å². The number of hydrogen-bond acceptors (Lipinski definition) is 3. The number of nitrogens with one attached hydrogen (secondary N) is 1. The van der Waals surface area contributed by atoms with Gasteiger partial charge in [-0.15, -0.1) is 0 Å². The molecule has 154 valence electrons. The third kappa shape index (κ3) is 4.59. The predicted molar refractivity (Wildman–Crippen MR) is 119 cm³/mol. The summed E-state index contributed by atoms with van der Waals surface area (Å²) in [6.45, 7) is 3.86. The number of carbonyl (C=O) groups is 1. The van der Waals surface area contributed by atoms with Gasteiger partial charge < -0.3 is 5.32 Å². The number of nitrogens with zero attached hydrogens (tertiary/aromatic N) is 2. The maximum atomic E-state index is 13.5. The molecule has 4 nitrogen and oxygen atoms in total. The zero-order valence-electron chi connectivity index (χ0n) is 17.0. The number of pyridine rings is 2. The lowest BCUT2D eigenvalue weighted by Gasteiger charge is -2.18. The number of alkyl halides is 1. The molecule has 0 radical (unpaired) electrons. The highest BCUT2D eigenvalue weighted by atomic mass is 79.9. The molecule has 1 fully saturated rings. The largest absolute Gasteiger partial charge is 0.342 e. The first-order valence-corrected chi connectivity index (χ1v) is 11.1. The smallest absolute Gasteiger partial charge is 0.270 e. The van der Waals surface area contributed by atoms with Gasteiger partial charge in [-0.2, -0.15) is 0 Å². The van der Waals surface area contributed by atoms with Crippen LogP contribution in [0.4, 0.5) is 4.39 Å². The van der Waals surface area contributed by atoms with Crippen molar-refractivity contribution in [3.05, 3.63) is 82.6 Å². The number of aromatic nitrogens is 2. The van der Waals surface area contributed by atoms with Crippen LogP contribution >= 0.6 is 15.9 Å². The van der Waals surface area contributed by atoms with Gasteiger partial charge in [0.25, 0.3) is 5.91 Å². The first-order valence-electron chi connectivity index (χ1n) is 10.0. The zero-order valence-corrected chi connectivity index (χ0v) is 18.5. The Kier molecular flexibility index (Phi) is 5.95. The fourth-order valence-corrected chi connectivity index (χ4v) is 3.96. The van der Waals surface area contributed by atoms with Crippen LogP contribution in [0.1, 0.15) is 51.8 Å². The van der Waals surface area contributed by atoms with E-state index in [2.05, 4.69) is 31.2 Å². The molecule has 0 saturated heterocycles. The number of halogens is 2. The lowest BCUT2D eigenvalue weighted by atomic mass is 10.0. The third-order valence-electron chi connectivity index (χ3n) is 5.37. The third-order valence-corrected chi connectivity index (χ3v) is 6.02. The van der Waals surface area contributed by atoms with E-state index in [-0.39, 0.29) is 17.8 Å². The lowest BCUT2D eigenvalue weighted by molar-refractivity contribution is 0.0925. The Morgan fingerprint density at radius 2 is 2.00 bits per heavy atom. The monoisotopic (exact) mass is 467 g/mol. The molecule has 1 aliphatic carbocycles. The van der Waals surface area contributed by atoms with Gasteiger partial charge in [-0.25, -0.2) is 9.37 Å². The number of carbonyl (C=O) groups excluding carboxylic acids is 1. The maximum absolute atomic E-state index is 13.5. The summed E-state index contributed by atoms with van der Waals surface area (Å²) < 4.78 is 13.5. The van der Waals surface area contributed by atoms with Crippen LogP contribution in [0.25, 0.3) is 11.3 Å². The topological polar surface area (TPSA) is 54.9 Å². The van der Waals surface area contributed by atoms with Crippen molar-refractivity contribution in [2.24, 2.45) is 5.92 Å². The van der Waals surface area contributed by atoms with E-state index in [4.69, 9.17) is 0 Å². The SMILES string of the molecule is Cc1ccnc(C(NC(=O)c2cc(CBr)cc(-c3ccc(F)cc3C)n2)C2CC2)c1. The summed E-state index contributed by atoms with van der Waals surface area (Å²) in [5, 5.41) is 3.75. The molecule has 3 aromatic rings. The average molecular weight is 468 g/mol. The second-order valence-corrected chi connectivity index (χ2v) is 8.45. The molecule has 1 atom stereocenters. The van der Waals surface area contributed by atoms with Crippen LogP contribution in [0, 0.1) is 25.6 Å². The van der Waals surface area contributed by atoms with Crippen molar-refractivity contribution in [1.29, 1.82) is 0 Å². The van der Waals surface area contributed by atoms with E-state index in [1.807, 2.05) is 32.0 Å². The molecule has 0 aliphatic heterocycles. The van der Waals surface area contributed by atoms with Crippen LogP contribution in [-0.2, 0) is 5.33 Å². The van der Waals surface area contributed by atoms with Gasteiger partial charge in [0.15, 0.2) is 0 Å². The van der Waals surface area contributed by atoms with Crippen molar-refractivity contribution < 1.29 is 9.18 Å². The molecule has 1 amide bonds. The molecule has 1 aromatic carbocycles. The first kappa shape index (κ1) is 20.7. The number of rotatable bonds is 6. The number of benzene rings is 1. The van der Waals surface area contributed by atoms with E-state index in [0.29, 0.717) is 22.6 Å². The Balaban J connectivity index is 1.66. The molecular weight excluding hydrogens is 445 g/mol.